The van der Waals surface area contributed by atoms with E-state index in [0.717, 1.165) is 71.8 Å². The Labute approximate surface area is 240 Å². The van der Waals surface area contributed by atoms with E-state index in [1.54, 1.807) is 6.07 Å². The third-order valence-corrected chi connectivity index (χ3v) is 8.59. The number of benzene rings is 6. The van der Waals surface area contributed by atoms with E-state index in [2.05, 4.69) is 81.2 Å². The Hall–Kier alpha value is -4.46. The van der Waals surface area contributed by atoms with E-state index in [9.17, 15) is 4.39 Å². The highest BCUT2D eigenvalue weighted by Gasteiger charge is 2.24. The molecule has 0 bridgehead atoms. The molecular formula is C33H18BrFN4S. The zero-order valence-electron chi connectivity index (χ0n) is 20.8. The van der Waals surface area contributed by atoms with Crippen LogP contribution in [0.4, 0.5) is 4.39 Å². The molecule has 0 aliphatic rings. The van der Waals surface area contributed by atoms with Gasteiger partial charge in [-0.15, -0.1) is 0 Å². The van der Waals surface area contributed by atoms with Crippen molar-refractivity contribution in [2.75, 3.05) is 0 Å². The van der Waals surface area contributed by atoms with Gasteiger partial charge in [-0.1, -0.05) is 84.9 Å². The molecule has 2 aromatic heterocycles. The second-order valence-electron chi connectivity index (χ2n) is 9.64. The number of fused-ring (bicyclic) bond motifs is 7. The summed E-state index contributed by atoms with van der Waals surface area (Å²) in [6.45, 7) is 0. The first-order valence-corrected chi connectivity index (χ1v) is 14.3. The van der Waals surface area contributed by atoms with Crippen LogP contribution >= 0.6 is 27.7 Å². The van der Waals surface area contributed by atoms with Crippen LogP contribution in [0.5, 0.6) is 0 Å². The summed E-state index contributed by atoms with van der Waals surface area (Å²) >= 11 is 4.84. The lowest BCUT2D eigenvalue weighted by Gasteiger charge is -2.14. The standard InChI is InChI=1S/C33H18BrFN4S/c34-27-18-20(35)14-17-28(27)39-32-25-13-7-5-11-23(25)22-10-4-6-12-24(22)31(32)36-33(39)26-16-15-21(19-8-2-1-3-9-19)29-30(26)38-40-37-29/h1-18H. The lowest BCUT2D eigenvalue weighted by Crippen LogP contribution is -2.00. The summed E-state index contributed by atoms with van der Waals surface area (Å²) in [5.74, 6) is 0.413. The van der Waals surface area contributed by atoms with Gasteiger partial charge in [-0.3, -0.25) is 4.57 Å². The van der Waals surface area contributed by atoms with Crippen LogP contribution in [0.25, 0.3) is 71.8 Å². The van der Waals surface area contributed by atoms with Crippen LogP contribution in [0.2, 0.25) is 0 Å². The lowest BCUT2D eigenvalue weighted by atomic mass is 10.00. The zero-order valence-corrected chi connectivity index (χ0v) is 23.2. The van der Waals surface area contributed by atoms with Crippen molar-refractivity contribution in [3.8, 4) is 28.2 Å². The smallest absolute Gasteiger partial charge is 0.148 e. The Morgan fingerprint density at radius 2 is 1.25 bits per heavy atom. The van der Waals surface area contributed by atoms with E-state index in [4.69, 9.17) is 13.7 Å². The van der Waals surface area contributed by atoms with Crippen LogP contribution in [0.3, 0.4) is 0 Å². The Bertz CT molecular complexity index is 2260. The molecule has 0 N–H and O–H groups in total. The quantitative estimate of drug-likeness (QED) is 0.190. The van der Waals surface area contributed by atoms with Gasteiger partial charge in [0.2, 0.25) is 0 Å². The average molecular weight is 602 g/mol. The Balaban J connectivity index is 1.55. The molecule has 0 saturated heterocycles. The molecule has 4 nitrogen and oxygen atoms in total. The number of aromatic nitrogens is 4. The second-order valence-corrected chi connectivity index (χ2v) is 11.0. The van der Waals surface area contributed by atoms with Crippen molar-refractivity contribution in [3.05, 3.63) is 119 Å². The number of halogens is 2. The fraction of sp³-hybridized carbons (Fsp3) is 0. The summed E-state index contributed by atoms with van der Waals surface area (Å²) in [6, 6.07) is 35.9. The van der Waals surface area contributed by atoms with Crippen molar-refractivity contribution in [3.63, 3.8) is 0 Å². The van der Waals surface area contributed by atoms with Gasteiger partial charge in [0.1, 0.15) is 22.7 Å². The monoisotopic (exact) mass is 600 g/mol. The predicted molar refractivity (Wildman–Crippen MR) is 166 cm³/mol. The number of imidazole rings is 1. The fourth-order valence-electron chi connectivity index (χ4n) is 5.68. The first kappa shape index (κ1) is 23.4. The fourth-order valence-corrected chi connectivity index (χ4v) is 6.78. The molecule has 0 aliphatic heterocycles. The topological polar surface area (TPSA) is 43.6 Å². The highest BCUT2D eigenvalue weighted by molar-refractivity contribution is 9.10. The minimum Gasteiger partial charge on any atom is -0.290 e. The van der Waals surface area contributed by atoms with Gasteiger partial charge >= 0.3 is 0 Å². The van der Waals surface area contributed by atoms with Crippen molar-refractivity contribution in [2.24, 2.45) is 0 Å². The van der Waals surface area contributed by atoms with Crippen LogP contribution in [0.1, 0.15) is 0 Å². The van der Waals surface area contributed by atoms with Crippen LogP contribution in [0, 0.1) is 5.82 Å². The molecule has 8 rings (SSSR count). The molecular weight excluding hydrogens is 583 g/mol. The van der Waals surface area contributed by atoms with E-state index >= 15 is 0 Å². The van der Waals surface area contributed by atoms with Gasteiger partial charge in [-0.05, 0) is 56.5 Å². The van der Waals surface area contributed by atoms with Crippen LogP contribution in [-0.2, 0) is 0 Å². The molecule has 2 heterocycles. The van der Waals surface area contributed by atoms with Crippen LogP contribution < -0.4 is 0 Å². The lowest BCUT2D eigenvalue weighted by molar-refractivity contribution is 0.626. The SMILES string of the molecule is Fc1ccc(-n2c(-c3ccc(-c4ccccc4)c4nsnc34)nc3c4ccccc4c4ccccc4c32)c(Br)c1. The van der Waals surface area contributed by atoms with E-state index in [1.165, 1.54) is 23.9 Å². The van der Waals surface area contributed by atoms with Crippen molar-refractivity contribution < 1.29 is 4.39 Å². The maximum Gasteiger partial charge on any atom is 0.148 e. The van der Waals surface area contributed by atoms with Gasteiger partial charge < -0.3 is 0 Å². The average Bonchev–Trinajstić information content (AvgIpc) is 3.64. The molecule has 0 saturated carbocycles. The van der Waals surface area contributed by atoms with Gasteiger partial charge in [0, 0.05) is 26.4 Å². The summed E-state index contributed by atoms with van der Waals surface area (Å²) in [5.41, 5.74) is 7.22. The third kappa shape index (κ3) is 3.44. The predicted octanol–water partition coefficient (Wildman–Crippen LogP) is 9.57. The van der Waals surface area contributed by atoms with Gasteiger partial charge in [0.25, 0.3) is 0 Å². The molecule has 0 radical (unpaired) electrons. The number of nitrogens with zero attached hydrogens (tertiary/aromatic N) is 4. The van der Waals surface area contributed by atoms with E-state index < -0.39 is 0 Å². The number of hydrogen-bond acceptors (Lipinski definition) is 4. The maximum absolute atomic E-state index is 14.3. The summed E-state index contributed by atoms with van der Waals surface area (Å²) < 4.78 is 26.5. The molecule has 40 heavy (non-hydrogen) atoms. The molecule has 0 unspecified atom stereocenters. The molecule has 0 aliphatic carbocycles. The highest BCUT2D eigenvalue weighted by Crippen LogP contribution is 2.42. The molecule has 0 amide bonds. The largest absolute Gasteiger partial charge is 0.290 e. The molecule has 8 aromatic rings. The minimum atomic E-state index is -0.310. The van der Waals surface area contributed by atoms with E-state index in [0.29, 0.717) is 4.47 Å². The number of rotatable bonds is 3. The van der Waals surface area contributed by atoms with Crippen molar-refractivity contribution in [2.45, 2.75) is 0 Å². The Kier molecular flexibility index (Phi) is 5.30. The first-order valence-electron chi connectivity index (χ1n) is 12.8. The molecule has 0 spiro atoms. The van der Waals surface area contributed by atoms with Crippen molar-refractivity contribution in [1.29, 1.82) is 0 Å². The first-order chi connectivity index (χ1) is 19.7. The third-order valence-electron chi connectivity index (χ3n) is 7.42. The summed E-state index contributed by atoms with van der Waals surface area (Å²) in [5, 5.41) is 4.40. The van der Waals surface area contributed by atoms with Crippen molar-refractivity contribution >= 4 is 71.3 Å². The summed E-state index contributed by atoms with van der Waals surface area (Å²) in [4.78, 5) is 5.32. The van der Waals surface area contributed by atoms with E-state index in [-0.39, 0.29) is 5.82 Å². The molecule has 190 valence electrons. The van der Waals surface area contributed by atoms with Crippen LogP contribution in [0.15, 0.2) is 114 Å². The maximum atomic E-state index is 14.3. The number of hydrogen-bond donors (Lipinski definition) is 0. The highest BCUT2D eigenvalue weighted by atomic mass is 79.9. The second kappa shape index (κ2) is 9.05. The summed E-state index contributed by atoms with van der Waals surface area (Å²) in [6.07, 6.45) is 0. The summed E-state index contributed by atoms with van der Waals surface area (Å²) in [7, 11) is 0. The van der Waals surface area contributed by atoms with Crippen molar-refractivity contribution in [1.82, 2.24) is 18.3 Å². The Morgan fingerprint density at radius 3 is 2.00 bits per heavy atom. The van der Waals surface area contributed by atoms with Gasteiger partial charge in [-0.2, -0.15) is 8.75 Å². The van der Waals surface area contributed by atoms with Gasteiger partial charge in [0.05, 0.1) is 28.4 Å². The Morgan fingerprint density at radius 1 is 0.625 bits per heavy atom. The minimum absolute atomic E-state index is 0.310. The molecule has 0 fully saturated rings. The molecule has 6 aromatic carbocycles. The van der Waals surface area contributed by atoms with E-state index in [1.807, 2.05) is 30.3 Å². The van der Waals surface area contributed by atoms with Gasteiger partial charge in [0.15, 0.2) is 0 Å². The van der Waals surface area contributed by atoms with Crippen LogP contribution in [-0.4, -0.2) is 18.3 Å². The van der Waals surface area contributed by atoms with Gasteiger partial charge in [-0.25, -0.2) is 9.37 Å². The zero-order chi connectivity index (χ0) is 26.8. The molecule has 7 heteroatoms. The molecule has 0 atom stereocenters. The normalized spacial score (nSPS) is 11.8.